The van der Waals surface area contributed by atoms with Gasteiger partial charge in [-0.3, -0.25) is 10.2 Å². The fourth-order valence-electron chi connectivity index (χ4n) is 3.07. The molecule has 2 atom stereocenters. The van der Waals surface area contributed by atoms with Gasteiger partial charge in [-0.25, -0.2) is 9.59 Å². The van der Waals surface area contributed by atoms with E-state index in [9.17, 15) is 24.6 Å². The molecule has 0 heterocycles. The van der Waals surface area contributed by atoms with Crippen LogP contribution in [0.3, 0.4) is 0 Å². The number of thioether (sulfide) groups is 1. The maximum absolute atomic E-state index is 13.0. The predicted octanol–water partition coefficient (Wildman–Crippen LogP) is 2.35. The normalized spacial score (nSPS) is 12.5. The first-order valence-corrected chi connectivity index (χ1v) is 12.2. The van der Waals surface area contributed by atoms with Gasteiger partial charge < -0.3 is 31.9 Å². The van der Waals surface area contributed by atoms with Crippen LogP contribution in [0.1, 0.15) is 18.4 Å². The van der Waals surface area contributed by atoms with Crippen molar-refractivity contribution in [2.24, 2.45) is 16.0 Å². The van der Waals surface area contributed by atoms with Crippen LogP contribution in [0.4, 0.5) is 10.5 Å². The molecule has 2 aromatic rings. The number of carbonyl (C=O) groups is 3. The zero-order chi connectivity index (χ0) is 26.5. The van der Waals surface area contributed by atoms with Gasteiger partial charge in [-0.2, -0.15) is 0 Å². The number of carbonyl (C=O) groups excluding carboxylic acids is 2. The Morgan fingerprint density at radius 3 is 2.31 bits per heavy atom. The number of aromatic hydroxyl groups is 1. The van der Waals surface area contributed by atoms with Crippen LogP contribution >= 0.6 is 11.8 Å². The maximum atomic E-state index is 13.0. The van der Waals surface area contributed by atoms with Crippen LogP contribution < -0.4 is 21.7 Å². The maximum Gasteiger partial charge on any atom is 0.360 e. The molecule has 0 bridgehead atoms. The minimum absolute atomic E-state index is 0.0218. The number of nitrogens with zero attached hydrogens (tertiary/aromatic N) is 2. The first-order chi connectivity index (χ1) is 17.2. The molecule has 0 fully saturated rings. The van der Waals surface area contributed by atoms with Gasteiger partial charge in [0.25, 0.3) is 0 Å². The number of hydrogen-bond donors (Lipinski definition) is 7. The van der Waals surface area contributed by atoms with Crippen molar-refractivity contribution in [2.75, 3.05) is 12.8 Å². The molecule has 2 unspecified atom stereocenters. The lowest BCUT2D eigenvalue weighted by Gasteiger charge is -2.21. The number of phenols is 1. The molecule has 0 saturated carbocycles. The third kappa shape index (κ3) is 10.0. The van der Waals surface area contributed by atoms with Crippen molar-refractivity contribution in [3.63, 3.8) is 0 Å². The van der Waals surface area contributed by atoms with E-state index >= 15 is 0 Å². The minimum atomic E-state index is -1.24. The van der Waals surface area contributed by atoms with E-state index in [1.54, 1.807) is 36.0 Å². The average molecular weight is 516 g/mol. The molecule has 36 heavy (non-hydrogen) atoms. The summed E-state index contributed by atoms with van der Waals surface area (Å²) in [6, 6.07) is 9.84. The Bertz CT molecular complexity index is 1080. The lowest BCUT2D eigenvalue weighted by Crippen LogP contribution is -2.52. The van der Waals surface area contributed by atoms with Gasteiger partial charge in [-0.15, -0.1) is 16.9 Å². The molecule has 12 nitrogen and oxygen atoms in total. The summed E-state index contributed by atoms with van der Waals surface area (Å²) in [5.41, 5.74) is 6.28. The number of phenolic OH excluding ortho intramolecular Hbond substituents is 1. The van der Waals surface area contributed by atoms with Gasteiger partial charge in [0.15, 0.2) is 5.96 Å². The molecule has 0 aromatic heterocycles. The number of nitrogens with one attached hydrogen (secondary N) is 4. The van der Waals surface area contributed by atoms with Gasteiger partial charge >= 0.3 is 12.0 Å². The van der Waals surface area contributed by atoms with Crippen molar-refractivity contribution in [2.45, 2.75) is 36.2 Å². The van der Waals surface area contributed by atoms with Gasteiger partial charge in [-0.05, 0) is 61.1 Å². The molecule has 8 N–H and O–H groups in total. The quantitative estimate of drug-likeness (QED) is 0.0733. The van der Waals surface area contributed by atoms with Gasteiger partial charge in [0.2, 0.25) is 5.91 Å². The Balaban J connectivity index is 2.10. The molecule has 2 rings (SSSR count). The third-order valence-electron chi connectivity index (χ3n) is 4.92. The van der Waals surface area contributed by atoms with E-state index in [1.165, 1.54) is 12.1 Å². The molecular weight excluding hydrogens is 486 g/mol. The Hall–Kier alpha value is -4.13. The first-order valence-electron chi connectivity index (χ1n) is 10.9. The van der Waals surface area contributed by atoms with Crippen molar-refractivity contribution in [3.8, 4) is 5.75 Å². The highest BCUT2D eigenvalue weighted by Crippen LogP contribution is 2.19. The van der Waals surface area contributed by atoms with Crippen LogP contribution in [0.15, 0.2) is 63.7 Å². The van der Waals surface area contributed by atoms with Crippen LogP contribution in [0.2, 0.25) is 0 Å². The van der Waals surface area contributed by atoms with Crippen LogP contribution in [-0.2, 0) is 16.0 Å². The SMILES string of the molecule is CSc1ccc(/N=N/C(=O)NC(Cc2ccc(O)cc2)C(=O)NC(CCCNC(=N)N)C(=O)O)cc1. The highest BCUT2D eigenvalue weighted by Gasteiger charge is 2.26. The Morgan fingerprint density at radius 1 is 1.06 bits per heavy atom. The second kappa shape index (κ2) is 14.3. The molecule has 0 aliphatic carbocycles. The molecule has 0 aliphatic rings. The summed E-state index contributed by atoms with van der Waals surface area (Å²) < 4.78 is 0. The van der Waals surface area contributed by atoms with E-state index in [4.69, 9.17) is 11.1 Å². The zero-order valence-corrected chi connectivity index (χ0v) is 20.4. The number of aliphatic carboxylic acids is 1. The van der Waals surface area contributed by atoms with E-state index in [2.05, 4.69) is 26.2 Å². The van der Waals surface area contributed by atoms with Crippen molar-refractivity contribution in [1.29, 1.82) is 5.41 Å². The number of carboxylic acid groups (broad SMARTS) is 1. The van der Waals surface area contributed by atoms with Crippen molar-refractivity contribution in [1.82, 2.24) is 16.0 Å². The number of carboxylic acids is 1. The Kier molecular flexibility index (Phi) is 11.2. The second-order valence-electron chi connectivity index (χ2n) is 7.65. The van der Waals surface area contributed by atoms with Gasteiger partial charge in [0.05, 0.1) is 5.69 Å². The summed E-state index contributed by atoms with van der Waals surface area (Å²) in [5.74, 6) is -2.16. The van der Waals surface area contributed by atoms with E-state index in [0.29, 0.717) is 17.7 Å². The molecule has 0 spiro atoms. The summed E-state index contributed by atoms with van der Waals surface area (Å²) in [6.07, 6.45) is 2.36. The molecule has 192 valence electrons. The average Bonchev–Trinajstić information content (AvgIpc) is 2.85. The second-order valence-corrected chi connectivity index (χ2v) is 8.53. The van der Waals surface area contributed by atoms with Crippen molar-refractivity contribution < 1.29 is 24.6 Å². The molecular formula is C23H29N7O5S. The number of nitrogens with two attached hydrogens (primary N) is 1. The lowest BCUT2D eigenvalue weighted by atomic mass is 10.0. The fourth-order valence-corrected chi connectivity index (χ4v) is 3.47. The summed E-state index contributed by atoms with van der Waals surface area (Å²) >= 11 is 1.56. The largest absolute Gasteiger partial charge is 0.508 e. The minimum Gasteiger partial charge on any atom is -0.508 e. The number of azo groups is 1. The fraction of sp³-hybridized carbons (Fsp3) is 0.304. The predicted molar refractivity (Wildman–Crippen MR) is 136 cm³/mol. The van der Waals surface area contributed by atoms with E-state index in [0.717, 1.165) is 4.90 Å². The standard InChI is InChI=1S/C23H29N7O5S/c1-36-17-10-6-15(7-11-17)29-30-23(35)28-19(13-14-4-8-16(31)9-5-14)20(32)27-18(21(33)34)3-2-12-26-22(24)25/h4-11,18-19,31H,2-3,12-13H2,1H3,(H,27,32)(H,28,35)(H,33,34)(H4,24,25,26)/b30-29+. The number of guanidine groups is 1. The number of rotatable bonds is 12. The summed E-state index contributed by atoms with van der Waals surface area (Å²) in [5, 5.41) is 41.1. The molecule has 0 radical (unpaired) electrons. The smallest absolute Gasteiger partial charge is 0.360 e. The summed E-state index contributed by atoms with van der Waals surface area (Å²) in [4.78, 5) is 38.1. The van der Waals surface area contributed by atoms with Crippen LogP contribution in [0, 0.1) is 5.41 Å². The molecule has 0 saturated heterocycles. The van der Waals surface area contributed by atoms with E-state index in [-0.39, 0.29) is 31.1 Å². The first kappa shape index (κ1) is 28.1. The van der Waals surface area contributed by atoms with E-state index in [1.807, 2.05) is 18.4 Å². The molecule has 0 aliphatic heterocycles. The monoisotopic (exact) mass is 515 g/mol. The highest BCUT2D eigenvalue weighted by atomic mass is 32.2. The molecule has 13 heteroatoms. The van der Waals surface area contributed by atoms with E-state index < -0.39 is 30.0 Å². The number of benzene rings is 2. The topological polar surface area (TPSA) is 202 Å². The number of urea groups is 1. The third-order valence-corrected chi connectivity index (χ3v) is 5.66. The Labute approximate surface area is 212 Å². The van der Waals surface area contributed by atoms with Crippen molar-refractivity contribution >= 4 is 41.3 Å². The van der Waals surface area contributed by atoms with Crippen molar-refractivity contribution in [3.05, 3.63) is 54.1 Å². The van der Waals surface area contributed by atoms with Gasteiger partial charge in [-0.1, -0.05) is 17.2 Å². The number of amides is 3. The molecule has 2 aromatic carbocycles. The Morgan fingerprint density at radius 2 is 1.72 bits per heavy atom. The lowest BCUT2D eigenvalue weighted by molar-refractivity contribution is -0.142. The van der Waals surface area contributed by atoms with Crippen LogP contribution in [0.5, 0.6) is 5.75 Å². The highest BCUT2D eigenvalue weighted by molar-refractivity contribution is 7.98. The summed E-state index contributed by atoms with van der Waals surface area (Å²) in [6.45, 7) is 0.265. The van der Waals surface area contributed by atoms with Gasteiger partial charge in [0.1, 0.15) is 17.8 Å². The van der Waals surface area contributed by atoms with Gasteiger partial charge in [0, 0.05) is 17.9 Å². The summed E-state index contributed by atoms with van der Waals surface area (Å²) in [7, 11) is 0. The van der Waals surface area contributed by atoms with Crippen LogP contribution in [0.25, 0.3) is 0 Å². The molecule has 3 amide bonds. The number of hydrogen-bond acceptors (Lipinski definition) is 7. The van der Waals surface area contributed by atoms with Crippen LogP contribution in [-0.4, -0.2) is 59.0 Å². The zero-order valence-electron chi connectivity index (χ0n) is 19.6.